The summed E-state index contributed by atoms with van der Waals surface area (Å²) in [5, 5.41) is 10.6. The molecule has 0 N–H and O–H groups in total. The molecule has 15 heavy (non-hydrogen) atoms. The first-order chi connectivity index (χ1) is 7.20. The predicted octanol–water partition coefficient (Wildman–Crippen LogP) is 2.35. The lowest BCUT2D eigenvalue weighted by atomic mass is 9.96. The molecule has 1 aliphatic rings. The molecule has 0 saturated heterocycles. The van der Waals surface area contributed by atoms with Gasteiger partial charge in [-0.15, -0.1) is 0 Å². The zero-order chi connectivity index (χ0) is 10.8. The van der Waals surface area contributed by atoms with Crippen molar-refractivity contribution in [1.82, 2.24) is 0 Å². The summed E-state index contributed by atoms with van der Waals surface area (Å²) in [5.41, 5.74) is 2.17. The number of benzene rings is 1. The maximum absolute atomic E-state index is 10.6. The van der Waals surface area contributed by atoms with Gasteiger partial charge in [0.05, 0.1) is 11.0 Å². The van der Waals surface area contributed by atoms with Crippen LogP contribution in [0.15, 0.2) is 23.2 Å². The number of non-ortho nitro benzene ring substituents is 1. The van der Waals surface area contributed by atoms with Gasteiger partial charge in [0.25, 0.3) is 5.69 Å². The van der Waals surface area contributed by atoms with Crippen LogP contribution < -0.4 is 0 Å². The van der Waals surface area contributed by atoms with Crippen molar-refractivity contribution in [1.29, 1.82) is 0 Å². The molecule has 1 atom stereocenters. The molecule has 1 aliphatic heterocycles. The molecule has 0 bridgehead atoms. The van der Waals surface area contributed by atoms with Crippen LogP contribution in [0.5, 0.6) is 0 Å². The molecule has 4 heteroatoms. The summed E-state index contributed by atoms with van der Waals surface area (Å²) >= 11 is 0. The highest BCUT2D eigenvalue weighted by atomic mass is 16.6. The van der Waals surface area contributed by atoms with Gasteiger partial charge >= 0.3 is 0 Å². The molecule has 2 rings (SSSR count). The van der Waals surface area contributed by atoms with Crippen molar-refractivity contribution >= 4 is 11.9 Å². The fourth-order valence-electron chi connectivity index (χ4n) is 1.74. The molecule has 1 unspecified atom stereocenters. The zero-order valence-corrected chi connectivity index (χ0v) is 8.51. The molecule has 4 nitrogen and oxygen atoms in total. The molecule has 1 aromatic carbocycles. The van der Waals surface area contributed by atoms with Gasteiger partial charge in [-0.3, -0.25) is 15.1 Å². The average Bonchev–Trinajstić information content (AvgIpc) is 2.27. The zero-order valence-electron chi connectivity index (χ0n) is 8.51. The highest BCUT2D eigenvalue weighted by Crippen LogP contribution is 2.22. The van der Waals surface area contributed by atoms with Crippen LogP contribution in [0.3, 0.4) is 0 Å². The van der Waals surface area contributed by atoms with E-state index in [-0.39, 0.29) is 10.6 Å². The second-order valence-corrected chi connectivity index (χ2v) is 3.68. The van der Waals surface area contributed by atoms with Crippen LogP contribution in [-0.2, 0) is 6.42 Å². The van der Waals surface area contributed by atoms with Crippen molar-refractivity contribution < 1.29 is 4.92 Å². The van der Waals surface area contributed by atoms with Crippen molar-refractivity contribution in [3.05, 3.63) is 39.4 Å². The van der Waals surface area contributed by atoms with E-state index in [0.29, 0.717) is 6.04 Å². The summed E-state index contributed by atoms with van der Waals surface area (Å²) in [7, 11) is 0. The Balaban J connectivity index is 2.36. The molecule has 0 aromatic heterocycles. The van der Waals surface area contributed by atoms with E-state index in [2.05, 4.69) is 11.9 Å². The highest BCUT2D eigenvalue weighted by molar-refractivity contribution is 5.84. The van der Waals surface area contributed by atoms with E-state index in [1.807, 2.05) is 6.07 Å². The van der Waals surface area contributed by atoms with Gasteiger partial charge in [-0.05, 0) is 18.4 Å². The third-order valence-corrected chi connectivity index (χ3v) is 2.69. The molecule has 0 saturated carbocycles. The standard InChI is InChI=1S/C11H12N2O2/c1-2-10-5-8-3-4-11(13(14)15)6-9(8)7-12-10/h3-4,6-7,10H,2,5H2,1H3. The van der Waals surface area contributed by atoms with Gasteiger partial charge < -0.3 is 0 Å². The second kappa shape index (κ2) is 3.81. The first kappa shape index (κ1) is 9.83. The van der Waals surface area contributed by atoms with Gasteiger partial charge in [0.15, 0.2) is 0 Å². The van der Waals surface area contributed by atoms with Crippen LogP contribution >= 0.6 is 0 Å². The summed E-state index contributed by atoms with van der Waals surface area (Å²) in [5.74, 6) is 0. The largest absolute Gasteiger partial charge is 0.289 e. The molecule has 1 heterocycles. The number of nitro groups is 1. The van der Waals surface area contributed by atoms with Gasteiger partial charge in [0, 0.05) is 23.9 Å². The topological polar surface area (TPSA) is 55.5 Å². The monoisotopic (exact) mass is 204 g/mol. The number of nitrogens with zero attached hydrogens (tertiary/aromatic N) is 2. The van der Waals surface area contributed by atoms with Crippen LogP contribution in [-0.4, -0.2) is 17.2 Å². The van der Waals surface area contributed by atoms with E-state index in [0.717, 1.165) is 24.0 Å². The minimum Gasteiger partial charge on any atom is -0.289 e. The summed E-state index contributed by atoms with van der Waals surface area (Å²) < 4.78 is 0. The Labute approximate surface area is 87.8 Å². The van der Waals surface area contributed by atoms with E-state index in [1.54, 1.807) is 18.3 Å². The summed E-state index contributed by atoms with van der Waals surface area (Å²) in [6.07, 6.45) is 3.65. The van der Waals surface area contributed by atoms with E-state index < -0.39 is 0 Å². The van der Waals surface area contributed by atoms with Crippen LogP contribution in [0.1, 0.15) is 24.5 Å². The fourth-order valence-corrected chi connectivity index (χ4v) is 1.74. The number of fused-ring (bicyclic) bond motifs is 1. The molecule has 1 aromatic rings. The summed E-state index contributed by atoms with van der Waals surface area (Å²) in [4.78, 5) is 14.5. The Hall–Kier alpha value is -1.71. The Morgan fingerprint density at radius 3 is 3.07 bits per heavy atom. The Bertz CT molecular complexity index is 427. The fraction of sp³-hybridized carbons (Fsp3) is 0.364. The van der Waals surface area contributed by atoms with Crippen molar-refractivity contribution in [3.8, 4) is 0 Å². The first-order valence-corrected chi connectivity index (χ1v) is 5.01. The Morgan fingerprint density at radius 2 is 2.40 bits per heavy atom. The normalized spacial score (nSPS) is 18.6. The molecule has 0 radical (unpaired) electrons. The quantitative estimate of drug-likeness (QED) is 0.548. The lowest BCUT2D eigenvalue weighted by Crippen LogP contribution is -2.14. The van der Waals surface area contributed by atoms with Crippen LogP contribution in [0.2, 0.25) is 0 Å². The second-order valence-electron chi connectivity index (χ2n) is 3.68. The smallest absolute Gasteiger partial charge is 0.270 e. The third-order valence-electron chi connectivity index (χ3n) is 2.69. The average molecular weight is 204 g/mol. The Kier molecular flexibility index (Phi) is 2.49. The van der Waals surface area contributed by atoms with Crippen molar-refractivity contribution in [3.63, 3.8) is 0 Å². The van der Waals surface area contributed by atoms with E-state index in [9.17, 15) is 10.1 Å². The molecule has 78 valence electrons. The third kappa shape index (κ3) is 1.88. The number of hydrogen-bond donors (Lipinski definition) is 0. The van der Waals surface area contributed by atoms with E-state index in [4.69, 9.17) is 0 Å². The summed E-state index contributed by atoms with van der Waals surface area (Å²) in [6, 6.07) is 5.32. The van der Waals surface area contributed by atoms with Gasteiger partial charge in [-0.1, -0.05) is 13.0 Å². The number of aliphatic imine (C=N–C) groups is 1. The van der Waals surface area contributed by atoms with Gasteiger partial charge in [-0.2, -0.15) is 0 Å². The number of rotatable bonds is 2. The molecular weight excluding hydrogens is 192 g/mol. The lowest BCUT2D eigenvalue weighted by Gasteiger charge is -2.16. The lowest BCUT2D eigenvalue weighted by molar-refractivity contribution is -0.384. The van der Waals surface area contributed by atoms with Crippen LogP contribution in [0.4, 0.5) is 5.69 Å². The van der Waals surface area contributed by atoms with Gasteiger partial charge in [0.2, 0.25) is 0 Å². The van der Waals surface area contributed by atoms with Crippen molar-refractivity contribution in [2.45, 2.75) is 25.8 Å². The minimum absolute atomic E-state index is 0.134. The van der Waals surface area contributed by atoms with Gasteiger partial charge in [-0.25, -0.2) is 0 Å². The van der Waals surface area contributed by atoms with Gasteiger partial charge in [0.1, 0.15) is 0 Å². The summed E-state index contributed by atoms with van der Waals surface area (Å²) in [6.45, 7) is 2.10. The van der Waals surface area contributed by atoms with E-state index in [1.165, 1.54) is 0 Å². The van der Waals surface area contributed by atoms with Crippen molar-refractivity contribution in [2.75, 3.05) is 0 Å². The maximum atomic E-state index is 10.6. The van der Waals surface area contributed by atoms with Crippen LogP contribution in [0.25, 0.3) is 0 Å². The molecular formula is C11H12N2O2. The molecule has 0 amide bonds. The van der Waals surface area contributed by atoms with E-state index >= 15 is 0 Å². The van der Waals surface area contributed by atoms with Crippen LogP contribution in [0, 0.1) is 10.1 Å². The minimum atomic E-state index is -0.375. The Morgan fingerprint density at radius 1 is 1.60 bits per heavy atom. The SMILES string of the molecule is CCC1Cc2ccc([N+](=O)[O-])cc2C=N1. The maximum Gasteiger partial charge on any atom is 0.270 e. The molecule has 0 fully saturated rings. The molecule has 0 aliphatic carbocycles. The van der Waals surface area contributed by atoms with Crippen molar-refractivity contribution in [2.24, 2.45) is 4.99 Å². The number of nitro benzene ring substituents is 1. The predicted molar refractivity (Wildman–Crippen MR) is 58.5 cm³/mol. The highest BCUT2D eigenvalue weighted by Gasteiger charge is 2.16. The molecule has 0 spiro atoms. The number of hydrogen-bond acceptors (Lipinski definition) is 3. The first-order valence-electron chi connectivity index (χ1n) is 5.01.